The number of carbonyl (C=O) groups excluding carboxylic acids is 1. The fourth-order valence-electron chi connectivity index (χ4n) is 2.52. The Hall–Kier alpha value is -3.08. The minimum absolute atomic E-state index is 0.149. The van der Waals surface area contributed by atoms with E-state index in [0.29, 0.717) is 17.9 Å². The lowest BCUT2D eigenvalue weighted by Crippen LogP contribution is -2.03. The van der Waals surface area contributed by atoms with Gasteiger partial charge in [-0.05, 0) is 43.2 Å². The van der Waals surface area contributed by atoms with E-state index < -0.39 is 0 Å². The van der Waals surface area contributed by atoms with Crippen LogP contribution in [0.5, 0.6) is 0 Å². The molecule has 0 amide bonds. The topological polar surface area (TPSA) is 67.8 Å². The zero-order chi connectivity index (χ0) is 17.6. The summed E-state index contributed by atoms with van der Waals surface area (Å²) in [5, 5.41) is 3.22. The van der Waals surface area contributed by atoms with Gasteiger partial charge in [-0.25, -0.2) is 9.97 Å². The molecule has 5 heteroatoms. The van der Waals surface area contributed by atoms with Gasteiger partial charge < -0.3 is 5.32 Å². The van der Waals surface area contributed by atoms with E-state index in [4.69, 9.17) is 0 Å². The molecule has 126 valence electrons. The van der Waals surface area contributed by atoms with Crippen LogP contribution >= 0.6 is 0 Å². The number of aryl methyl sites for hydroxylation is 1. The summed E-state index contributed by atoms with van der Waals surface area (Å²) < 4.78 is 0. The summed E-state index contributed by atoms with van der Waals surface area (Å²) in [6, 6.07) is 11.3. The third-order valence-corrected chi connectivity index (χ3v) is 3.90. The highest BCUT2D eigenvalue weighted by Gasteiger charge is 2.09. The van der Waals surface area contributed by atoms with Crippen LogP contribution in [0.25, 0.3) is 11.3 Å². The quantitative estimate of drug-likeness (QED) is 0.670. The molecule has 0 spiro atoms. The lowest BCUT2D eigenvalue weighted by atomic mass is 10.0. The number of aromatic nitrogens is 3. The van der Waals surface area contributed by atoms with Gasteiger partial charge in [-0.2, -0.15) is 0 Å². The van der Waals surface area contributed by atoms with Crippen molar-refractivity contribution in [2.24, 2.45) is 0 Å². The Balaban J connectivity index is 1.87. The number of hydrogen-bond acceptors (Lipinski definition) is 5. The zero-order valence-corrected chi connectivity index (χ0v) is 14.4. The summed E-state index contributed by atoms with van der Waals surface area (Å²) >= 11 is 0. The second-order valence-corrected chi connectivity index (χ2v) is 5.84. The van der Waals surface area contributed by atoms with E-state index in [1.54, 1.807) is 18.6 Å². The number of nitrogens with zero attached hydrogens (tertiary/aromatic N) is 3. The monoisotopic (exact) mass is 332 g/mol. The van der Waals surface area contributed by atoms with Crippen molar-refractivity contribution in [2.45, 2.75) is 26.7 Å². The molecule has 0 atom stereocenters. The van der Waals surface area contributed by atoms with Crippen LogP contribution in [0.15, 0.2) is 55.0 Å². The molecule has 0 unspecified atom stereocenters. The molecule has 0 bridgehead atoms. The van der Waals surface area contributed by atoms with Crippen molar-refractivity contribution >= 4 is 17.4 Å². The number of anilines is 2. The predicted molar refractivity (Wildman–Crippen MR) is 99.0 cm³/mol. The Morgan fingerprint density at radius 1 is 1.16 bits per heavy atom. The number of benzene rings is 1. The first-order valence-corrected chi connectivity index (χ1v) is 8.31. The molecule has 2 heterocycles. The molecule has 0 aliphatic rings. The van der Waals surface area contributed by atoms with Crippen molar-refractivity contribution in [3.8, 4) is 11.3 Å². The molecular weight excluding hydrogens is 312 g/mol. The van der Waals surface area contributed by atoms with Crippen molar-refractivity contribution in [2.75, 3.05) is 5.32 Å². The number of Topliss-reactive ketones (excluding diaryl/α,β-unsaturated/α-hetero) is 1. The van der Waals surface area contributed by atoms with Gasteiger partial charge in [-0.3, -0.25) is 9.78 Å². The predicted octanol–water partition coefficient (Wildman–Crippen LogP) is 4.57. The Morgan fingerprint density at radius 2 is 2.04 bits per heavy atom. The van der Waals surface area contributed by atoms with Gasteiger partial charge in [-0.1, -0.05) is 19.1 Å². The highest BCUT2D eigenvalue weighted by molar-refractivity contribution is 5.97. The van der Waals surface area contributed by atoms with Crippen molar-refractivity contribution in [1.29, 1.82) is 0 Å². The number of nitrogens with one attached hydrogen (secondary N) is 1. The van der Waals surface area contributed by atoms with Crippen LogP contribution < -0.4 is 5.32 Å². The largest absolute Gasteiger partial charge is 0.324 e. The van der Waals surface area contributed by atoms with Crippen LogP contribution in [-0.2, 0) is 0 Å². The van der Waals surface area contributed by atoms with Crippen molar-refractivity contribution in [3.05, 3.63) is 66.1 Å². The zero-order valence-electron chi connectivity index (χ0n) is 14.4. The van der Waals surface area contributed by atoms with Crippen LogP contribution in [0.1, 0.15) is 35.7 Å². The summed E-state index contributed by atoms with van der Waals surface area (Å²) in [5.41, 5.74) is 4.30. The maximum absolute atomic E-state index is 12.1. The second-order valence-electron chi connectivity index (χ2n) is 5.84. The van der Waals surface area contributed by atoms with Gasteiger partial charge in [0.05, 0.1) is 5.69 Å². The molecular formula is C20H20N4O. The van der Waals surface area contributed by atoms with Crippen molar-refractivity contribution in [3.63, 3.8) is 0 Å². The maximum Gasteiger partial charge on any atom is 0.227 e. The van der Waals surface area contributed by atoms with Crippen LogP contribution in [0.4, 0.5) is 11.6 Å². The first kappa shape index (κ1) is 16.8. The van der Waals surface area contributed by atoms with E-state index in [0.717, 1.165) is 28.9 Å². The molecule has 1 N–H and O–H groups in total. The maximum atomic E-state index is 12.1. The molecule has 3 aromatic rings. The summed E-state index contributed by atoms with van der Waals surface area (Å²) in [6.45, 7) is 3.99. The summed E-state index contributed by atoms with van der Waals surface area (Å²) in [7, 11) is 0. The van der Waals surface area contributed by atoms with Crippen LogP contribution in [0, 0.1) is 6.92 Å². The van der Waals surface area contributed by atoms with Gasteiger partial charge in [0.1, 0.15) is 0 Å². The lowest BCUT2D eigenvalue weighted by molar-refractivity contribution is 0.0982. The van der Waals surface area contributed by atoms with Gasteiger partial charge in [0, 0.05) is 41.8 Å². The van der Waals surface area contributed by atoms with E-state index in [2.05, 4.69) is 20.3 Å². The van der Waals surface area contributed by atoms with Crippen LogP contribution in [-0.4, -0.2) is 20.7 Å². The first-order chi connectivity index (χ1) is 12.2. The molecule has 0 saturated heterocycles. The SMILES string of the molecule is CCCC(=O)c1ccc(C)c(Nc2nccc(-c3cccnc3)n2)c1. The first-order valence-electron chi connectivity index (χ1n) is 8.31. The van der Waals surface area contributed by atoms with Gasteiger partial charge >= 0.3 is 0 Å². The molecule has 25 heavy (non-hydrogen) atoms. The summed E-state index contributed by atoms with van der Waals surface area (Å²) in [6.07, 6.45) is 6.59. The van der Waals surface area contributed by atoms with Gasteiger partial charge in [0.15, 0.2) is 5.78 Å². The van der Waals surface area contributed by atoms with Gasteiger partial charge in [-0.15, -0.1) is 0 Å². The summed E-state index contributed by atoms with van der Waals surface area (Å²) in [4.78, 5) is 25.1. The highest BCUT2D eigenvalue weighted by atomic mass is 16.1. The molecule has 5 nitrogen and oxygen atoms in total. The number of ketones is 1. The average Bonchev–Trinajstić information content (AvgIpc) is 2.65. The van der Waals surface area contributed by atoms with E-state index in [1.807, 2.05) is 50.2 Å². The number of carbonyl (C=O) groups is 1. The van der Waals surface area contributed by atoms with E-state index in [1.165, 1.54) is 0 Å². The molecule has 0 aliphatic heterocycles. The third kappa shape index (κ3) is 4.07. The molecule has 1 aromatic carbocycles. The van der Waals surface area contributed by atoms with Gasteiger partial charge in [0.2, 0.25) is 5.95 Å². The number of rotatable bonds is 6. The Kier molecular flexibility index (Phi) is 5.14. The van der Waals surface area contributed by atoms with E-state index in [9.17, 15) is 4.79 Å². The minimum Gasteiger partial charge on any atom is -0.324 e. The fourth-order valence-corrected chi connectivity index (χ4v) is 2.52. The highest BCUT2D eigenvalue weighted by Crippen LogP contribution is 2.23. The van der Waals surface area contributed by atoms with Crippen molar-refractivity contribution in [1.82, 2.24) is 15.0 Å². The number of pyridine rings is 1. The molecule has 0 radical (unpaired) electrons. The molecule has 3 rings (SSSR count). The Labute approximate surface area is 147 Å². The molecule has 0 aliphatic carbocycles. The smallest absolute Gasteiger partial charge is 0.227 e. The standard InChI is InChI=1S/C20H20N4O/c1-3-5-19(25)15-8-7-14(2)18(12-15)24-20-22-11-9-17(23-20)16-6-4-10-21-13-16/h4,6-13H,3,5H2,1-2H3,(H,22,23,24). The van der Waals surface area contributed by atoms with Crippen molar-refractivity contribution < 1.29 is 4.79 Å². The second kappa shape index (κ2) is 7.66. The molecule has 0 saturated carbocycles. The summed E-state index contributed by atoms with van der Waals surface area (Å²) in [5.74, 6) is 0.639. The van der Waals surface area contributed by atoms with Gasteiger partial charge in [0.25, 0.3) is 0 Å². The number of hydrogen-bond donors (Lipinski definition) is 1. The Bertz CT molecular complexity index is 878. The lowest BCUT2D eigenvalue weighted by Gasteiger charge is -2.11. The minimum atomic E-state index is 0.149. The van der Waals surface area contributed by atoms with E-state index >= 15 is 0 Å². The van der Waals surface area contributed by atoms with E-state index in [-0.39, 0.29) is 5.78 Å². The molecule has 2 aromatic heterocycles. The fraction of sp³-hybridized carbons (Fsp3) is 0.200. The normalized spacial score (nSPS) is 10.5. The third-order valence-electron chi connectivity index (χ3n) is 3.90. The average molecular weight is 332 g/mol. The Morgan fingerprint density at radius 3 is 2.80 bits per heavy atom. The van der Waals surface area contributed by atoms with Crippen LogP contribution in [0.2, 0.25) is 0 Å². The van der Waals surface area contributed by atoms with Crippen LogP contribution in [0.3, 0.4) is 0 Å². The molecule has 0 fully saturated rings.